The highest BCUT2D eigenvalue weighted by molar-refractivity contribution is 5.81. The second-order valence-electron chi connectivity index (χ2n) is 4.21. The van der Waals surface area contributed by atoms with E-state index in [4.69, 9.17) is 0 Å². The zero-order chi connectivity index (χ0) is 9.84. The molecule has 0 aromatic rings. The molecule has 0 aliphatic carbocycles. The Labute approximate surface area is 80.5 Å². The van der Waals surface area contributed by atoms with Gasteiger partial charge < -0.3 is 5.32 Å². The average Bonchev–Trinajstić information content (AvgIpc) is 2.19. The van der Waals surface area contributed by atoms with Crippen LogP contribution in [-0.4, -0.2) is 36.5 Å². The quantitative estimate of drug-likeness (QED) is 0.690. The van der Waals surface area contributed by atoms with Gasteiger partial charge in [0.2, 0.25) is 5.91 Å². The van der Waals surface area contributed by atoms with Gasteiger partial charge in [0.1, 0.15) is 0 Å². The van der Waals surface area contributed by atoms with E-state index >= 15 is 0 Å². The molecule has 0 saturated carbocycles. The fourth-order valence-corrected chi connectivity index (χ4v) is 1.72. The molecule has 0 radical (unpaired) electrons. The number of nitrogens with one attached hydrogen (secondary N) is 1. The number of amides is 1. The van der Waals surface area contributed by atoms with Crippen LogP contribution in [0.5, 0.6) is 0 Å². The molecule has 1 unspecified atom stereocenters. The molecule has 3 nitrogen and oxygen atoms in total. The molecule has 1 saturated heterocycles. The van der Waals surface area contributed by atoms with Gasteiger partial charge in [-0.25, -0.2) is 0 Å². The van der Waals surface area contributed by atoms with E-state index in [1.54, 1.807) is 0 Å². The number of hydrogen-bond acceptors (Lipinski definition) is 2. The Balaban J connectivity index is 2.54. The SMILES string of the molecule is CC(C)CN1CCCNC(=O)C1C. The lowest BCUT2D eigenvalue weighted by Gasteiger charge is -2.26. The lowest BCUT2D eigenvalue weighted by atomic mass is 10.1. The van der Waals surface area contributed by atoms with Gasteiger partial charge in [-0.2, -0.15) is 0 Å². The van der Waals surface area contributed by atoms with Crippen LogP contribution < -0.4 is 5.32 Å². The summed E-state index contributed by atoms with van der Waals surface area (Å²) >= 11 is 0. The molecule has 0 aromatic carbocycles. The van der Waals surface area contributed by atoms with Crippen molar-refractivity contribution in [3.05, 3.63) is 0 Å². The number of carbonyl (C=O) groups excluding carboxylic acids is 1. The zero-order valence-electron chi connectivity index (χ0n) is 8.84. The predicted molar refractivity (Wildman–Crippen MR) is 53.5 cm³/mol. The van der Waals surface area contributed by atoms with Gasteiger partial charge in [0, 0.05) is 19.6 Å². The Bertz CT molecular complexity index is 180. The maximum Gasteiger partial charge on any atom is 0.237 e. The van der Waals surface area contributed by atoms with E-state index in [0.29, 0.717) is 5.92 Å². The standard InChI is InChI=1S/C10H20N2O/c1-8(2)7-12-6-4-5-11-10(13)9(12)3/h8-9H,4-7H2,1-3H3,(H,11,13). The van der Waals surface area contributed by atoms with Gasteiger partial charge in [-0.05, 0) is 19.3 Å². The highest BCUT2D eigenvalue weighted by Crippen LogP contribution is 2.07. The normalized spacial score (nSPS) is 25.8. The highest BCUT2D eigenvalue weighted by Gasteiger charge is 2.23. The second kappa shape index (κ2) is 4.61. The molecule has 1 aliphatic rings. The van der Waals surface area contributed by atoms with Crippen molar-refractivity contribution < 1.29 is 4.79 Å². The number of rotatable bonds is 2. The molecule has 1 atom stereocenters. The molecule has 1 heterocycles. The minimum Gasteiger partial charge on any atom is -0.355 e. The molecule has 13 heavy (non-hydrogen) atoms. The Morgan fingerprint density at radius 2 is 2.31 bits per heavy atom. The van der Waals surface area contributed by atoms with Gasteiger partial charge in [-0.15, -0.1) is 0 Å². The lowest BCUT2D eigenvalue weighted by molar-refractivity contribution is -0.125. The first kappa shape index (κ1) is 10.5. The number of nitrogens with zero attached hydrogens (tertiary/aromatic N) is 1. The van der Waals surface area contributed by atoms with Gasteiger partial charge in [-0.3, -0.25) is 9.69 Å². The molecule has 0 bridgehead atoms. The van der Waals surface area contributed by atoms with Crippen molar-refractivity contribution in [1.82, 2.24) is 10.2 Å². The van der Waals surface area contributed by atoms with Crippen molar-refractivity contribution in [3.8, 4) is 0 Å². The molecule has 1 fully saturated rings. The fourth-order valence-electron chi connectivity index (χ4n) is 1.72. The lowest BCUT2D eigenvalue weighted by Crippen LogP contribution is -2.43. The Hall–Kier alpha value is -0.570. The topological polar surface area (TPSA) is 32.3 Å². The highest BCUT2D eigenvalue weighted by atomic mass is 16.2. The number of hydrogen-bond donors (Lipinski definition) is 1. The molecule has 1 N–H and O–H groups in total. The van der Waals surface area contributed by atoms with Gasteiger partial charge in [0.05, 0.1) is 6.04 Å². The second-order valence-corrected chi connectivity index (χ2v) is 4.21. The molecular formula is C10H20N2O. The van der Waals surface area contributed by atoms with E-state index < -0.39 is 0 Å². The summed E-state index contributed by atoms with van der Waals surface area (Å²) in [5.41, 5.74) is 0. The van der Waals surface area contributed by atoms with E-state index in [-0.39, 0.29) is 11.9 Å². The van der Waals surface area contributed by atoms with Crippen molar-refractivity contribution >= 4 is 5.91 Å². The molecule has 0 aromatic heterocycles. The summed E-state index contributed by atoms with van der Waals surface area (Å²) in [5.74, 6) is 0.812. The van der Waals surface area contributed by atoms with Crippen LogP contribution in [-0.2, 0) is 4.79 Å². The third-order valence-corrected chi connectivity index (χ3v) is 2.45. The first-order valence-electron chi connectivity index (χ1n) is 5.13. The average molecular weight is 184 g/mol. The molecule has 1 aliphatic heterocycles. The molecule has 0 spiro atoms. The van der Waals surface area contributed by atoms with E-state index in [9.17, 15) is 4.79 Å². The fraction of sp³-hybridized carbons (Fsp3) is 0.900. The van der Waals surface area contributed by atoms with Crippen LogP contribution in [0.15, 0.2) is 0 Å². The maximum absolute atomic E-state index is 11.5. The minimum absolute atomic E-state index is 0.0462. The van der Waals surface area contributed by atoms with Crippen LogP contribution in [0.3, 0.4) is 0 Å². The Kier molecular flexibility index (Phi) is 3.72. The van der Waals surface area contributed by atoms with Crippen LogP contribution in [0.1, 0.15) is 27.2 Å². The van der Waals surface area contributed by atoms with E-state index in [1.165, 1.54) is 0 Å². The molecular weight excluding hydrogens is 164 g/mol. The van der Waals surface area contributed by atoms with Gasteiger partial charge in [-0.1, -0.05) is 13.8 Å². The van der Waals surface area contributed by atoms with Crippen LogP contribution in [0.25, 0.3) is 0 Å². The maximum atomic E-state index is 11.5. The van der Waals surface area contributed by atoms with Gasteiger partial charge in [0.15, 0.2) is 0 Å². The minimum atomic E-state index is 0.0462. The van der Waals surface area contributed by atoms with Crippen molar-refractivity contribution in [1.29, 1.82) is 0 Å². The number of carbonyl (C=O) groups is 1. The summed E-state index contributed by atoms with van der Waals surface area (Å²) < 4.78 is 0. The zero-order valence-corrected chi connectivity index (χ0v) is 8.84. The van der Waals surface area contributed by atoms with Gasteiger partial charge >= 0.3 is 0 Å². The van der Waals surface area contributed by atoms with Crippen LogP contribution in [0, 0.1) is 5.92 Å². The van der Waals surface area contributed by atoms with E-state index in [2.05, 4.69) is 24.1 Å². The van der Waals surface area contributed by atoms with Crippen LogP contribution in [0.4, 0.5) is 0 Å². The predicted octanol–water partition coefficient (Wildman–Crippen LogP) is 0.853. The van der Waals surface area contributed by atoms with Crippen molar-refractivity contribution in [2.24, 2.45) is 5.92 Å². The molecule has 1 amide bonds. The summed E-state index contributed by atoms with van der Waals surface area (Å²) in [7, 11) is 0. The Morgan fingerprint density at radius 3 is 2.92 bits per heavy atom. The molecule has 76 valence electrons. The largest absolute Gasteiger partial charge is 0.355 e. The molecule has 3 heteroatoms. The third-order valence-electron chi connectivity index (χ3n) is 2.45. The summed E-state index contributed by atoms with van der Waals surface area (Å²) in [5, 5.41) is 2.92. The van der Waals surface area contributed by atoms with E-state index in [1.807, 2.05) is 6.92 Å². The van der Waals surface area contributed by atoms with Crippen molar-refractivity contribution in [2.45, 2.75) is 33.2 Å². The monoisotopic (exact) mass is 184 g/mol. The van der Waals surface area contributed by atoms with Crippen molar-refractivity contribution in [2.75, 3.05) is 19.6 Å². The first-order chi connectivity index (χ1) is 6.11. The van der Waals surface area contributed by atoms with Crippen molar-refractivity contribution in [3.63, 3.8) is 0 Å². The summed E-state index contributed by atoms with van der Waals surface area (Å²) in [4.78, 5) is 13.7. The van der Waals surface area contributed by atoms with Gasteiger partial charge in [0.25, 0.3) is 0 Å². The van der Waals surface area contributed by atoms with Crippen LogP contribution in [0.2, 0.25) is 0 Å². The van der Waals surface area contributed by atoms with Crippen LogP contribution >= 0.6 is 0 Å². The summed E-state index contributed by atoms with van der Waals surface area (Å²) in [6.45, 7) is 9.26. The smallest absolute Gasteiger partial charge is 0.237 e. The summed E-state index contributed by atoms with van der Waals surface area (Å²) in [6.07, 6.45) is 1.07. The summed E-state index contributed by atoms with van der Waals surface area (Å²) in [6, 6.07) is 0.0462. The van der Waals surface area contributed by atoms with E-state index in [0.717, 1.165) is 26.1 Å². The first-order valence-corrected chi connectivity index (χ1v) is 5.13. The molecule has 1 rings (SSSR count). The third kappa shape index (κ3) is 2.99. The Morgan fingerprint density at radius 1 is 1.62 bits per heavy atom.